The number of halogens is 1. The Hall–Kier alpha value is -1.64. The Morgan fingerprint density at radius 3 is 2.68 bits per heavy atom. The maximum Gasteiger partial charge on any atom is 0.246 e. The van der Waals surface area contributed by atoms with Crippen LogP contribution < -0.4 is 10.6 Å². The molecule has 0 aliphatic carbocycles. The van der Waals surface area contributed by atoms with Crippen molar-refractivity contribution in [2.24, 2.45) is 0 Å². The zero-order valence-corrected chi connectivity index (χ0v) is 18.3. The van der Waals surface area contributed by atoms with Crippen LogP contribution in [-0.2, 0) is 6.42 Å². The first-order valence-electron chi connectivity index (χ1n) is 9.94. The summed E-state index contributed by atoms with van der Waals surface area (Å²) in [5.74, 6) is 1.01. The maximum absolute atomic E-state index is 10.2. The molecule has 1 aromatic carbocycles. The molecule has 1 saturated heterocycles. The lowest BCUT2D eigenvalue weighted by Gasteiger charge is -2.42. The predicted octanol–water partition coefficient (Wildman–Crippen LogP) is 2.82. The van der Waals surface area contributed by atoms with Gasteiger partial charge >= 0.3 is 0 Å². The van der Waals surface area contributed by atoms with Gasteiger partial charge in [0, 0.05) is 30.1 Å². The van der Waals surface area contributed by atoms with E-state index in [2.05, 4.69) is 65.2 Å². The Bertz CT molecular complexity index is 742. The lowest BCUT2D eigenvalue weighted by Crippen LogP contribution is -2.54. The van der Waals surface area contributed by atoms with Gasteiger partial charge in [0.15, 0.2) is 0 Å². The number of H-pyrrole nitrogens is 1. The van der Waals surface area contributed by atoms with Gasteiger partial charge in [-0.1, -0.05) is 28.1 Å². The van der Waals surface area contributed by atoms with E-state index in [9.17, 15) is 5.11 Å². The molecule has 8 heteroatoms. The Kier molecular flexibility index (Phi) is 6.95. The van der Waals surface area contributed by atoms with Gasteiger partial charge in [0.05, 0.1) is 5.60 Å². The predicted molar refractivity (Wildman–Crippen MR) is 116 cm³/mol. The summed E-state index contributed by atoms with van der Waals surface area (Å²) in [6.07, 6.45) is 3.90. The highest BCUT2D eigenvalue weighted by Crippen LogP contribution is 2.22. The molecule has 1 atom stereocenters. The lowest BCUT2D eigenvalue weighted by atomic mass is 9.96. The van der Waals surface area contributed by atoms with Crippen LogP contribution in [0.2, 0.25) is 0 Å². The number of nitrogens with one attached hydrogen (secondary N) is 1. The van der Waals surface area contributed by atoms with Crippen molar-refractivity contribution in [1.29, 1.82) is 0 Å². The van der Waals surface area contributed by atoms with E-state index in [1.165, 1.54) is 5.56 Å². The Morgan fingerprint density at radius 1 is 1.29 bits per heavy atom. The van der Waals surface area contributed by atoms with Crippen molar-refractivity contribution in [1.82, 2.24) is 20.1 Å². The first kappa shape index (κ1) is 21.1. The van der Waals surface area contributed by atoms with E-state index in [0.29, 0.717) is 17.9 Å². The summed E-state index contributed by atoms with van der Waals surface area (Å²) >= 11 is 3.49. The number of aliphatic hydroxyl groups is 1. The summed E-state index contributed by atoms with van der Waals surface area (Å²) < 4.78 is 1.12. The van der Waals surface area contributed by atoms with E-state index in [0.717, 1.165) is 56.3 Å². The first-order chi connectivity index (χ1) is 13.3. The normalized spacial score (nSPS) is 18.6. The molecular formula is C20H31BrN6O. The van der Waals surface area contributed by atoms with Crippen molar-refractivity contribution in [3.05, 3.63) is 34.3 Å². The van der Waals surface area contributed by atoms with Gasteiger partial charge < -0.3 is 15.7 Å². The minimum atomic E-state index is -0.652. The molecule has 2 aromatic rings. The summed E-state index contributed by atoms with van der Waals surface area (Å²) in [6.45, 7) is 7.50. The second-order valence-electron chi connectivity index (χ2n) is 8.24. The van der Waals surface area contributed by atoms with Crippen LogP contribution in [0.5, 0.6) is 0 Å². The summed E-state index contributed by atoms with van der Waals surface area (Å²) in [4.78, 5) is 9.02. The monoisotopic (exact) mass is 450 g/mol. The molecule has 3 rings (SSSR count). The van der Waals surface area contributed by atoms with Crippen molar-refractivity contribution in [2.75, 3.05) is 36.8 Å². The SMILES string of the molecule is CC(C)(O)CCC1CN(c2n[nH]c(N)n2)CCN1CCCc1ccc(Br)cc1. The number of nitrogens with zero attached hydrogens (tertiary/aromatic N) is 4. The van der Waals surface area contributed by atoms with Gasteiger partial charge in [-0.15, -0.1) is 5.10 Å². The number of hydrogen-bond donors (Lipinski definition) is 3. The fourth-order valence-corrected chi connectivity index (χ4v) is 3.97. The van der Waals surface area contributed by atoms with Crippen LogP contribution in [0.4, 0.5) is 11.9 Å². The Morgan fingerprint density at radius 2 is 2.04 bits per heavy atom. The summed E-state index contributed by atoms with van der Waals surface area (Å²) in [6, 6.07) is 8.93. The van der Waals surface area contributed by atoms with E-state index < -0.39 is 5.60 Å². The molecule has 28 heavy (non-hydrogen) atoms. The van der Waals surface area contributed by atoms with Gasteiger partial charge in [0.25, 0.3) is 0 Å². The number of anilines is 2. The van der Waals surface area contributed by atoms with E-state index in [4.69, 9.17) is 5.73 Å². The number of benzene rings is 1. The third-order valence-electron chi connectivity index (χ3n) is 5.29. The largest absolute Gasteiger partial charge is 0.390 e. The molecule has 0 amide bonds. The van der Waals surface area contributed by atoms with Crippen molar-refractivity contribution >= 4 is 27.8 Å². The van der Waals surface area contributed by atoms with Gasteiger partial charge in [-0.25, -0.2) is 5.10 Å². The third kappa shape index (κ3) is 6.18. The Labute approximate surface area is 175 Å². The molecule has 1 fully saturated rings. The van der Waals surface area contributed by atoms with E-state index in [1.54, 1.807) is 0 Å². The van der Waals surface area contributed by atoms with E-state index >= 15 is 0 Å². The van der Waals surface area contributed by atoms with Crippen LogP contribution in [-0.4, -0.2) is 63.0 Å². The van der Waals surface area contributed by atoms with Crippen LogP contribution in [0, 0.1) is 0 Å². The van der Waals surface area contributed by atoms with Crippen molar-refractivity contribution in [2.45, 2.75) is 51.2 Å². The highest BCUT2D eigenvalue weighted by Gasteiger charge is 2.29. The number of hydrogen-bond acceptors (Lipinski definition) is 6. The van der Waals surface area contributed by atoms with Crippen molar-refractivity contribution in [3.8, 4) is 0 Å². The van der Waals surface area contributed by atoms with Crippen LogP contribution in [0.1, 0.15) is 38.7 Å². The van der Waals surface area contributed by atoms with Crippen LogP contribution >= 0.6 is 15.9 Å². The van der Waals surface area contributed by atoms with Crippen LogP contribution in [0.25, 0.3) is 0 Å². The minimum absolute atomic E-state index is 0.347. The molecule has 4 N–H and O–H groups in total. The van der Waals surface area contributed by atoms with Gasteiger partial charge in [-0.3, -0.25) is 4.90 Å². The van der Waals surface area contributed by atoms with Crippen molar-refractivity contribution in [3.63, 3.8) is 0 Å². The number of aromatic amines is 1. The fraction of sp³-hybridized carbons (Fsp3) is 0.600. The number of nitrogen functional groups attached to an aromatic ring is 1. The molecule has 0 spiro atoms. The molecule has 1 aromatic heterocycles. The minimum Gasteiger partial charge on any atom is -0.390 e. The molecule has 1 aliphatic heterocycles. The number of nitrogens with two attached hydrogens (primary N) is 1. The average Bonchev–Trinajstić information content (AvgIpc) is 3.08. The van der Waals surface area contributed by atoms with Gasteiger partial charge in [0.1, 0.15) is 0 Å². The second-order valence-corrected chi connectivity index (χ2v) is 9.15. The summed E-state index contributed by atoms with van der Waals surface area (Å²) in [7, 11) is 0. The van der Waals surface area contributed by atoms with Crippen molar-refractivity contribution < 1.29 is 5.11 Å². The summed E-state index contributed by atoms with van der Waals surface area (Å²) in [5.41, 5.74) is 6.41. The zero-order chi connectivity index (χ0) is 20.1. The maximum atomic E-state index is 10.2. The number of rotatable bonds is 8. The molecule has 0 saturated carbocycles. The van der Waals surface area contributed by atoms with Gasteiger partial charge in [-0.05, 0) is 63.8 Å². The van der Waals surface area contributed by atoms with Crippen LogP contribution in [0.15, 0.2) is 28.7 Å². The van der Waals surface area contributed by atoms with E-state index in [1.807, 2.05) is 13.8 Å². The number of aromatic nitrogens is 3. The van der Waals surface area contributed by atoms with E-state index in [-0.39, 0.29) is 0 Å². The topological polar surface area (TPSA) is 94.3 Å². The smallest absolute Gasteiger partial charge is 0.246 e. The highest BCUT2D eigenvalue weighted by molar-refractivity contribution is 9.10. The summed E-state index contributed by atoms with van der Waals surface area (Å²) in [5, 5.41) is 17.1. The standard InChI is InChI=1S/C20H31BrN6O/c1-20(2,28)10-9-17-14-27(19-23-18(22)24-25-19)13-12-26(17)11-3-4-15-5-7-16(21)8-6-15/h5-8,17,28H,3-4,9-14H2,1-2H3,(H3,22,23,24,25). The second kappa shape index (κ2) is 9.24. The lowest BCUT2D eigenvalue weighted by molar-refractivity contribution is 0.0539. The van der Waals surface area contributed by atoms with Gasteiger partial charge in [-0.2, -0.15) is 4.98 Å². The highest BCUT2D eigenvalue weighted by atomic mass is 79.9. The molecule has 1 aliphatic rings. The number of piperazine rings is 1. The molecule has 154 valence electrons. The quantitative estimate of drug-likeness (QED) is 0.572. The zero-order valence-electron chi connectivity index (χ0n) is 16.7. The molecule has 0 bridgehead atoms. The van der Waals surface area contributed by atoms with Crippen LogP contribution in [0.3, 0.4) is 0 Å². The molecular weight excluding hydrogens is 420 g/mol. The molecule has 2 heterocycles. The Balaban J connectivity index is 1.58. The average molecular weight is 451 g/mol. The molecule has 1 unspecified atom stereocenters. The fourth-order valence-electron chi connectivity index (χ4n) is 3.71. The molecule has 0 radical (unpaired) electrons. The number of aryl methyl sites for hydroxylation is 1. The van der Waals surface area contributed by atoms with Gasteiger partial charge in [0.2, 0.25) is 11.9 Å². The first-order valence-corrected chi connectivity index (χ1v) is 10.7. The third-order valence-corrected chi connectivity index (χ3v) is 5.82. The molecule has 7 nitrogen and oxygen atoms in total.